The third-order valence-electron chi connectivity index (χ3n) is 4.80. The predicted molar refractivity (Wildman–Crippen MR) is 94.0 cm³/mol. The van der Waals surface area contributed by atoms with Gasteiger partial charge in [-0.15, -0.1) is 0 Å². The Morgan fingerprint density at radius 1 is 0.611 bits per heavy atom. The average molecular weight is 680 g/mol. The van der Waals surface area contributed by atoms with Crippen LogP contribution in [0.4, 0.5) is 74.6 Å². The predicted octanol–water partition coefficient (Wildman–Crippen LogP) is 7.90. The van der Waals surface area contributed by atoms with Gasteiger partial charge in [-0.2, -0.15) is 74.6 Å². The maximum atomic E-state index is 14.1. The zero-order chi connectivity index (χ0) is 29.2. The third kappa shape index (κ3) is 4.70. The van der Waals surface area contributed by atoms with Crippen molar-refractivity contribution >= 4 is 22.6 Å². The van der Waals surface area contributed by atoms with E-state index in [0.717, 1.165) is 18.2 Å². The van der Waals surface area contributed by atoms with Crippen LogP contribution in [0.1, 0.15) is 18.9 Å². The molecule has 0 bridgehead atoms. The molecule has 0 aromatic heterocycles. The maximum absolute atomic E-state index is 14.1. The van der Waals surface area contributed by atoms with Crippen LogP contribution in [0, 0.1) is 3.57 Å². The highest BCUT2D eigenvalue weighted by Crippen LogP contribution is 2.64. The molecule has 1 unspecified atom stereocenters. The van der Waals surface area contributed by atoms with E-state index in [1.165, 1.54) is 28.7 Å². The summed E-state index contributed by atoms with van der Waals surface area (Å²) in [5.41, 5.74) is -4.04. The Hall–Kier alpha value is -1.28. The fourth-order valence-electron chi connectivity index (χ4n) is 2.67. The topological polar surface area (TPSA) is 20.2 Å². The molecule has 210 valence electrons. The fourth-order valence-corrected chi connectivity index (χ4v) is 3.21. The van der Waals surface area contributed by atoms with Crippen molar-refractivity contribution in [3.63, 3.8) is 0 Å². The van der Waals surface area contributed by atoms with E-state index in [-0.39, 0.29) is 10.5 Å². The van der Waals surface area contributed by atoms with Crippen LogP contribution < -0.4 is 0 Å². The summed E-state index contributed by atoms with van der Waals surface area (Å²) >= 11 is 1.49. The molecule has 1 aromatic carbocycles. The Morgan fingerprint density at radius 2 is 0.972 bits per heavy atom. The minimum Gasteiger partial charge on any atom is -0.385 e. The first-order valence-electron chi connectivity index (χ1n) is 8.65. The summed E-state index contributed by atoms with van der Waals surface area (Å²) < 4.78 is 226. The lowest BCUT2D eigenvalue weighted by atomic mass is 9.83. The standard InChI is InChI=1S/C17H10F17IO/c1-9(36,7-3-2-4-8(35)5-7)6-10(18,19)11(20,21)12(22,23)13(24,25)14(26,27)15(28,29)16(30,31)17(32,33)34/h2-5,36H,6H2,1H3. The van der Waals surface area contributed by atoms with Gasteiger partial charge in [-0.1, -0.05) is 12.1 Å². The van der Waals surface area contributed by atoms with Crippen molar-refractivity contribution in [1.29, 1.82) is 0 Å². The molecule has 1 aromatic rings. The van der Waals surface area contributed by atoms with E-state index >= 15 is 0 Å². The van der Waals surface area contributed by atoms with Crippen LogP contribution >= 0.6 is 22.6 Å². The number of rotatable bonds is 9. The van der Waals surface area contributed by atoms with Crippen molar-refractivity contribution in [2.75, 3.05) is 0 Å². The lowest BCUT2D eigenvalue weighted by Gasteiger charge is -2.43. The molecule has 1 nitrogen and oxygen atoms in total. The molecule has 0 aliphatic rings. The quantitative estimate of drug-likeness (QED) is 0.208. The van der Waals surface area contributed by atoms with E-state index in [2.05, 4.69) is 0 Å². The molecular formula is C17H10F17IO. The zero-order valence-corrected chi connectivity index (χ0v) is 18.9. The fraction of sp³-hybridized carbons (Fsp3) is 0.647. The summed E-state index contributed by atoms with van der Waals surface area (Å²) in [7, 11) is 0. The van der Waals surface area contributed by atoms with Crippen LogP contribution in [0.25, 0.3) is 0 Å². The highest BCUT2D eigenvalue weighted by molar-refractivity contribution is 14.1. The average Bonchev–Trinajstić information content (AvgIpc) is 2.65. The summed E-state index contributed by atoms with van der Waals surface area (Å²) in [6.45, 7) is 0.255. The molecule has 0 fully saturated rings. The maximum Gasteiger partial charge on any atom is 0.460 e. The van der Waals surface area contributed by atoms with Crippen LogP contribution in [0.5, 0.6) is 0 Å². The number of hydrogen-bond donors (Lipinski definition) is 1. The first-order valence-corrected chi connectivity index (χ1v) is 9.73. The minimum atomic E-state index is -8.68. The normalized spacial score (nSPS) is 17.2. The van der Waals surface area contributed by atoms with E-state index in [1.54, 1.807) is 0 Å². The van der Waals surface area contributed by atoms with Crippen LogP contribution in [0.15, 0.2) is 24.3 Å². The smallest absolute Gasteiger partial charge is 0.385 e. The van der Waals surface area contributed by atoms with Gasteiger partial charge in [-0.25, -0.2) is 0 Å². The summed E-state index contributed by atoms with van der Waals surface area (Å²) in [6.07, 6.45) is -10.8. The molecule has 1 rings (SSSR count). The van der Waals surface area contributed by atoms with E-state index in [9.17, 15) is 79.7 Å². The van der Waals surface area contributed by atoms with Crippen molar-refractivity contribution in [3.8, 4) is 0 Å². The Balaban J connectivity index is 3.62. The lowest BCUT2D eigenvalue weighted by Crippen LogP contribution is -2.74. The van der Waals surface area contributed by atoms with E-state index < -0.39 is 65.2 Å². The molecule has 0 saturated carbocycles. The molecule has 1 atom stereocenters. The Morgan fingerprint density at radius 3 is 1.33 bits per heavy atom. The van der Waals surface area contributed by atoms with Crippen molar-refractivity contribution in [3.05, 3.63) is 33.4 Å². The summed E-state index contributed by atoms with van der Waals surface area (Å²) in [4.78, 5) is 0. The van der Waals surface area contributed by atoms with Crippen LogP contribution in [0.2, 0.25) is 0 Å². The minimum absolute atomic E-state index is 0.116. The number of hydrogen-bond acceptors (Lipinski definition) is 1. The third-order valence-corrected chi connectivity index (χ3v) is 5.47. The SMILES string of the molecule is CC(O)(CC(F)(F)C(F)(F)C(F)(F)C(F)(F)C(F)(F)C(F)(F)C(F)(F)C(F)(F)F)c1cccc(I)c1. The van der Waals surface area contributed by atoms with Crippen LogP contribution in [-0.2, 0) is 5.60 Å². The van der Waals surface area contributed by atoms with E-state index in [0.29, 0.717) is 0 Å². The van der Waals surface area contributed by atoms with Gasteiger partial charge in [0.1, 0.15) is 0 Å². The second-order valence-corrected chi connectivity index (χ2v) is 8.86. The van der Waals surface area contributed by atoms with Crippen molar-refractivity contribution in [2.24, 2.45) is 0 Å². The first-order chi connectivity index (χ1) is 15.5. The largest absolute Gasteiger partial charge is 0.460 e. The van der Waals surface area contributed by atoms with Crippen LogP contribution in [-0.4, -0.2) is 52.7 Å². The van der Waals surface area contributed by atoms with E-state index in [1.807, 2.05) is 0 Å². The number of benzene rings is 1. The van der Waals surface area contributed by atoms with Crippen molar-refractivity contribution < 1.29 is 79.7 Å². The highest BCUT2D eigenvalue weighted by atomic mass is 127. The van der Waals surface area contributed by atoms with Crippen molar-refractivity contribution in [1.82, 2.24) is 0 Å². The van der Waals surface area contributed by atoms with Gasteiger partial charge >= 0.3 is 47.6 Å². The lowest BCUT2D eigenvalue weighted by molar-refractivity contribution is -0.462. The van der Waals surface area contributed by atoms with Gasteiger partial charge in [0.15, 0.2) is 0 Å². The van der Waals surface area contributed by atoms with Gasteiger partial charge < -0.3 is 5.11 Å². The Labute approximate surface area is 202 Å². The Kier molecular flexibility index (Phi) is 8.09. The van der Waals surface area contributed by atoms with Gasteiger partial charge in [-0.05, 0) is 47.2 Å². The molecular weight excluding hydrogens is 670 g/mol. The molecule has 0 aliphatic carbocycles. The molecule has 36 heavy (non-hydrogen) atoms. The first kappa shape index (κ1) is 32.7. The molecule has 0 heterocycles. The number of aliphatic hydroxyl groups is 1. The molecule has 0 radical (unpaired) electrons. The zero-order valence-electron chi connectivity index (χ0n) is 16.8. The number of alkyl halides is 17. The summed E-state index contributed by atoms with van der Waals surface area (Å²) in [5, 5.41) is 10.0. The van der Waals surface area contributed by atoms with E-state index in [4.69, 9.17) is 0 Å². The molecule has 1 N–H and O–H groups in total. The molecule has 19 heteroatoms. The van der Waals surface area contributed by atoms with Gasteiger partial charge in [0, 0.05) is 3.57 Å². The second kappa shape index (κ2) is 8.89. The summed E-state index contributed by atoms with van der Waals surface area (Å²) in [6, 6.07) is 3.79. The van der Waals surface area contributed by atoms with Gasteiger partial charge in [-0.3, -0.25) is 0 Å². The van der Waals surface area contributed by atoms with Crippen molar-refractivity contribution in [2.45, 2.75) is 66.6 Å². The van der Waals surface area contributed by atoms with Gasteiger partial charge in [0.2, 0.25) is 0 Å². The second-order valence-electron chi connectivity index (χ2n) is 7.61. The molecule has 0 saturated heterocycles. The molecule has 0 spiro atoms. The number of halogens is 18. The summed E-state index contributed by atoms with van der Waals surface area (Å²) in [5.74, 6) is -57.0. The van der Waals surface area contributed by atoms with Crippen LogP contribution in [0.3, 0.4) is 0 Å². The molecule has 0 aliphatic heterocycles. The van der Waals surface area contributed by atoms with Gasteiger partial charge in [0.05, 0.1) is 12.0 Å². The monoisotopic (exact) mass is 680 g/mol. The highest BCUT2D eigenvalue weighted by Gasteiger charge is 2.95. The Bertz CT molecular complexity index is 951. The molecule has 0 amide bonds. The van der Waals surface area contributed by atoms with Gasteiger partial charge in [0.25, 0.3) is 0 Å².